The zero-order chi connectivity index (χ0) is 12.3. The van der Waals surface area contributed by atoms with Gasteiger partial charge >= 0.3 is 0 Å². The summed E-state index contributed by atoms with van der Waals surface area (Å²) in [4.78, 5) is 12.1. The minimum atomic E-state index is 0.315. The second-order valence-electron chi connectivity index (χ2n) is 5.23. The smallest absolute Gasteiger partial charge is 0.140 e. The Bertz CT molecular complexity index is 374. The molecule has 1 aromatic rings. The molecular formula is C15H19BrO. The van der Waals surface area contributed by atoms with Crippen LogP contribution in [0.5, 0.6) is 0 Å². The van der Waals surface area contributed by atoms with Crippen LogP contribution >= 0.6 is 15.9 Å². The highest BCUT2D eigenvalue weighted by atomic mass is 79.9. The van der Waals surface area contributed by atoms with Crippen LogP contribution in [0.15, 0.2) is 28.7 Å². The first-order chi connectivity index (χ1) is 8.15. The number of Topliss-reactive ketones (excluding diaryl/α,β-unsaturated/α-hetero) is 1. The summed E-state index contributed by atoms with van der Waals surface area (Å²) in [5.41, 5.74) is 1.14. The highest BCUT2D eigenvalue weighted by Crippen LogP contribution is 2.29. The van der Waals surface area contributed by atoms with Crippen molar-refractivity contribution in [2.75, 3.05) is 0 Å². The molecule has 1 saturated carbocycles. The van der Waals surface area contributed by atoms with E-state index in [0.29, 0.717) is 18.1 Å². The van der Waals surface area contributed by atoms with Gasteiger partial charge in [0.25, 0.3) is 0 Å². The van der Waals surface area contributed by atoms with E-state index in [9.17, 15) is 4.79 Å². The van der Waals surface area contributed by atoms with Crippen LogP contribution in [0.2, 0.25) is 0 Å². The van der Waals surface area contributed by atoms with Crippen LogP contribution in [0.3, 0.4) is 0 Å². The molecule has 0 unspecified atom stereocenters. The third kappa shape index (κ3) is 3.67. The van der Waals surface area contributed by atoms with Crippen molar-refractivity contribution in [2.24, 2.45) is 11.8 Å². The summed E-state index contributed by atoms with van der Waals surface area (Å²) >= 11 is 3.41. The van der Waals surface area contributed by atoms with Crippen molar-refractivity contribution in [1.29, 1.82) is 0 Å². The molecule has 2 rings (SSSR count). The van der Waals surface area contributed by atoms with Gasteiger partial charge in [0.2, 0.25) is 0 Å². The topological polar surface area (TPSA) is 17.1 Å². The van der Waals surface area contributed by atoms with Crippen molar-refractivity contribution < 1.29 is 4.79 Å². The summed E-state index contributed by atoms with van der Waals surface area (Å²) in [5, 5.41) is 0. The summed E-state index contributed by atoms with van der Waals surface area (Å²) in [6.45, 7) is 2.29. The molecule has 2 heteroatoms. The molecule has 0 spiro atoms. The lowest BCUT2D eigenvalue weighted by Gasteiger charge is -2.25. The quantitative estimate of drug-likeness (QED) is 0.808. The SMILES string of the molecule is CC1CCC(C(=O)Cc2ccc(Br)cc2)CC1. The number of rotatable bonds is 3. The van der Waals surface area contributed by atoms with Gasteiger partial charge in [-0.15, -0.1) is 0 Å². The van der Waals surface area contributed by atoms with Crippen molar-refractivity contribution in [2.45, 2.75) is 39.0 Å². The monoisotopic (exact) mass is 294 g/mol. The maximum atomic E-state index is 12.1. The molecule has 0 amide bonds. The number of benzene rings is 1. The molecule has 0 saturated heterocycles. The van der Waals surface area contributed by atoms with Gasteiger partial charge in [0.1, 0.15) is 5.78 Å². The van der Waals surface area contributed by atoms with Crippen molar-refractivity contribution in [3.05, 3.63) is 34.3 Å². The zero-order valence-corrected chi connectivity index (χ0v) is 11.9. The van der Waals surface area contributed by atoms with E-state index in [1.807, 2.05) is 24.3 Å². The predicted octanol–water partition coefficient (Wildman–Crippen LogP) is 4.39. The number of ketones is 1. The van der Waals surface area contributed by atoms with E-state index in [4.69, 9.17) is 0 Å². The molecule has 0 atom stereocenters. The Morgan fingerprint density at radius 2 is 1.76 bits per heavy atom. The highest BCUT2D eigenvalue weighted by molar-refractivity contribution is 9.10. The molecule has 1 aliphatic carbocycles. The van der Waals surface area contributed by atoms with Gasteiger partial charge in [-0.05, 0) is 36.5 Å². The Labute approximate surface area is 112 Å². The largest absolute Gasteiger partial charge is 0.299 e. The molecule has 0 N–H and O–H groups in total. The van der Waals surface area contributed by atoms with Gasteiger partial charge in [-0.25, -0.2) is 0 Å². The van der Waals surface area contributed by atoms with Crippen LogP contribution in [0, 0.1) is 11.8 Å². The molecule has 92 valence electrons. The normalized spacial score (nSPS) is 24.6. The fourth-order valence-electron chi connectivity index (χ4n) is 2.53. The van der Waals surface area contributed by atoms with Crippen molar-refractivity contribution >= 4 is 21.7 Å². The predicted molar refractivity (Wildman–Crippen MR) is 74.0 cm³/mol. The number of carbonyl (C=O) groups excluding carboxylic acids is 1. The van der Waals surface area contributed by atoms with Crippen LogP contribution < -0.4 is 0 Å². The molecule has 1 aliphatic rings. The summed E-state index contributed by atoms with van der Waals surface area (Å²) < 4.78 is 1.07. The molecule has 1 fully saturated rings. The summed E-state index contributed by atoms with van der Waals surface area (Å²) in [5.74, 6) is 1.56. The fourth-order valence-corrected chi connectivity index (χ4v) is 2.79. The molecule has 17 heavy (non-hydrogen) atoms. The average Bonchev–Trinajstić information content (AvgIpc) is 2.33. The molecular weight excluding hydrogens is 276 g/mol. The maximum Gasteiger partial charge on any atom is 0.140 e. The molecule has 0 aliphatic heterocycles. The van der Waals surface area contributed by atoms with Crippen LogP contribution in [0.25, 0.3) is 0 Å². The van der Waals surface area contributed by atoms with Crippen molar-refractivity contribution in [3.63, 3.8) is 0 Å². The van der Waals surface area contributed by atoms with Crippen LogP contribution in [0.1, 0.15) is 38.2 Å². The number of halogens is 1. The lowest BCUT2D eigenvalue weighted by Crippen LogP contribution is -2.22. The molecule has 0 aromatic heterocycles. The first kappa shape index (κ1) is 12.8. The van der Waals surface area contributed by atoms with E-state index >= 15 is 0 Å². The van der Waals surface area contributed by atoms with Crippen LogP contribution in [-0.2, 0) is 11.2 Å². The second kappa shape index (κ2) is 5.81. The van der Waals surface area contributed by atoms with Crippen molar-refractivity contribution in [3.8, 4) is 0 Å². The molecule has 1 aromatic carbocycles. The summed E-state index contributed by atoms with van der Waals surface area (Å²) in [7, 11) is 0. The number of hydrogen-bond donors (Lipinski definition) is 0. The third-order valence-electron chi connectivity index (χ3n) is 3.76. The number of carbonyl (C=O) groups is 1. The molecule has 0 radical (unpaired) electrons. The van der Waals surface area contributed by atoms with E-state index in [-0.39, 0.29) is 0 Å². The molecule has 0 bridgehead atoms. The van der Waals surface area contributed by atoms with Crippen LogP contribution in [0.4, 0.5) is 0 Å². The second-order valence-corrected chi connectivity index (χ2v) is 6.14. The Morgan fingerprint density at radius 3 is 2.35 bits per heavy atom. The fraction of sp³-hybridized carbons (Fsp3) is 0.533. The van der Waals surface area contributed by atoms with E-state index in [1.54, 1.807) is 0 Å². The molecule has 1 nitrogen and oxygen atoms in total. The standard InChI is InChI=1S/C15H19BrO/c1-11-2-6-13(7-3-11)15(17)10-12-4-8-14(16)9-5-12/h4-5,8-9,11,13H,2-3,6-7,10H2,1H3. The van der Waals surface area contributed by atoms with Crippen LogP contribution in [-0.4, -0.2) is 5.78 Å². The van der Waals surface area contributed by atoms with E-state index < -0.39 is 0 Å². The Balaban J connectivity index is 1.90. The van der Waals surface area contributed by atoms with Gasteiger partial charge < -0.3 is 0 Å². The zero-order valence-electron chi connectivity index (χ0n) is 10.3. The Kier molecular flexibility index (Phi) is 4.38. The summed E-state index contributed by atoms with van der Waals surface area (Å²) in [6, 6.07) is 8.08. The number of hydrogen-bond acceptors (Lipinski definition) is 1. The average molecular weight is 295 g/mol. The lowest BCUT2D eigenvalue weighted by molar-refractivity contribution is -0.123. The molecule has 0 heterocycles. The first-order valence-electron chi connectivity index (χ1n) is 6.42. The highest BCUT2D eigenvalue weighted by Gasteiger charge is 2.23. The first-order valence-corrected chi connectivity index (χ1v) is 7.21. The van der Waals surface area contributed by atoms with Crippen molar-refractivity contribution in [1.82, 2.24) is 0 Å². The van der Waals surface area contributed by atoms with Gasteiger partial charge in [0.15, 0.2) is 0 Å². The lowest BCUT2D eigenvalue weighted by atomic mass is 9.80. The Hall–Kier alpha value is -0.630. The third-order valence-corrected chi connectivity index (χ3v) is 4.29. The van der Waals surface area contributed by atoms with Gasteiger partial charge in [0, 0.05) is 16.8 Å². The minimum Gasteiger partial charge on any atom is -0.299 e. The van der Waals surface area contributed by atoms with Gasteiger partial charge in [-0.2, -0.15) is 0 Å². The van der Waals surface area contributed by atoms with Gasteiger partial charge in [0.05, 0.1) is 0 Å². The van der Waals surface area contributed by atoms with E-state index in [1.165, 1.54) is 12.8 Å². The maximum absolute atomic E-state index is 12.1. The van der Waals surface area contributed by atoms with E-state index in [0.717, 1.165) is 28.8 Å². The van der Waals surface area contributed by atoms with E-state index in [2.05, 4.69) is 22.9 Å². The summed E-state index contributed by atoms with van der Waals surface area (Å²) in [6.07, 6.45) is 5.23. The van der Waals surface area contributed by atoms with Gasteiger partial charge in [-0.3, -0.25) is 4.79 Å². The minimum absolute atomic E-state index is 0.315. The van der Waals surface area contributed by atoms with Gasteiger partial charge in [-0.1, -0.05) is 47.8 Å². The Morgan fingerprint density at radius 1 is 1.18 bits per heavy atom.